The van der Waals surface area contributed by atoms with E-state index < -0.39 is 6.10 Å². The molecule has 0 fully saturated rings. The van der Waals surface area contributed by atoms with Gasteiger partial charge in [-0.25, -0.2) is 0 Å². The zero-order chi connectivity index (χ0) is 20.3. The number of para-hydroxylation sites is 2. The normalized spacial score (nSPS) is 15.5. The van der Waals surface area contributed by atoms with Gasteiger partial charge in [-0.2, -0.15) is 0 Å². The highest BCUT2D eigenvalue weighted by Gasteiger charge is 2.31. The number of amides is 2. The smallest absolute Gasteiger partial charge is 0.267 e. The summed E-state index contributed by atoms with van der Waals surface area (Å²) < 4.78 is 16.2. The number of hydrogen-bond donors (Lipinski definition) is 1. The summed E-state index contributed by atoms with van der Waals surface area (Å²) in [7, 11) is 3.11. The summed E-state index contributed by atoms with van der Waals surface area (Å²) in [6, 6.07) is 10.9. The molecule has 28 heavy (non-hydrogen) atoms. The SMILES string of the molecule is COc1cc(C)c(NC(=O)CCN2C(=O)C(C)Oc3ccccc32)cc1OC. The van der Waals surface area contributed by atoms with Crippen molar-refractivity contribution in [3.8, 4) is 17.2 Å². The Morgan fingerprint density at radius 2 is 1.86 bits per heavy atom. The van der Waals surface area contributed by atoms with Crippen molar-refractivity contribution < 1.29 is 23.8 Å². The Morgan fingerprint density at radius 1 is 1.18 bits per heavy atom. The molecule has 2 aromatic carbocycles. The number of methoxy groups -OCH3 is 2. The Labute approximate surface area is 164 Å². The zero-order valence-electron chi connectivity index (χ0n) is 16.4. The van der Waals surface area contributed by atoms with Crippen LogP contribution < -0.4 is 24.4 Å². The van der Waals surface area contributed by atoms with Crippen molar-refractivity contribution in [1.82, 2.24) is 0 Å². The van der Waals surface area contributed by atoms with Gasteiger partial charge in [0.2, 0.25) is 5.91 Å². The highest BCUT2D eigenvalue weighted by molar-refractivity contribution is 6.01. The molecule has 1 unspecified atom stereocenters. The van der Waals surface area contributed by atoms with Crippen molar-refractivity contribution in [2.45, 2.75) is 26.4 Å². The maximum atomic E-state index is 12.5. The predicted molar refractivity (Wildman–Crippen MR) is 106 cm³/mol. The van der Waals surface area contributed by atoms with Gasteiger partial charge in [0, 0.05) is 24.7 Å². The van der Waals surface area contributed by atoms with Crippen LogP contribution in [-0.2, 0) is 9.59 Å². The summed E-state index contributed by atoms with van der Waals surface area (Å²) in [5, 5.41) is 2.88. The second kappa shape index (κ2) is 8.21. The Morgan fingerprint density at radius 3 is 2.57 bits per heavy atom. The summed E-state index contributed by atoms with van der Waals surface area (Å²) in [4.78, 5) is 26.6. The van der Waals surface area contributed by atoms with E-state index in [1.165, 1.54) is 0 Å². The monoisotopic (exact) mass is 384 g/mol. The molecule has 1 aliphatic heterocycles. The molecule has 0 saturated carbocycles. The summed E-state index contributed by atoms with van der Waals surface area (Å²) >= 11 is 0. The van der Waals surface area contributed by atoms with Crippen molar-refractivity contribution >= 4 is 23.2 Å². The van der Waals surface area contributed by atoms with Crippen LogP contribution in [0, 0.1) is 6.92 Å². The van der Waals surface area contributed by atoms with Crippen LogP contribution >= 0.6 is 0 Å². The summed E-state index contributed by atoms with van der Waals surface area (Å²) in [6.07, 6.45) is -0.424. The number of nitrogens with zero attached hydrogens (tertiary/aromatic N) is 1. The quantitative estimate of drug-likeness (QED) is 0.828. The predicted octanol–water partition coefficient (Wildman–Crippen LogP) is 3.15. The van der Waals surface area contributed by atoms with Gasteiger partial charge < -0.3 is 24.4 Å². The number of carbonyl (C=O) groups is 2. The minimum Gasteiger partial charge on any atom is -0.493 e. The van der Waals surface area contributed by atoms with E-state index in [2.05, 4.69) is 5.32 Å². The van der Waals surface area contributed by atoms with Crippen LogP contribution in [0.1, 0.15) is 18.9 Å². The maximum absolute atomic E-state index is 12.5. The van der Waals surface area contributed by atoms with Crippen LogP contribution in [0.25, 0.3) is 0 Å². The fourth-order valence-electron chi connectivity index (χ4n) is 3.13. The molecule has 1 heterocycles. The third-order valence-electron chi connectivity index (χ3n) is 4.64. The van der Waals surface area contributed by atoms with Crippen molar-refractivity contribution in [3.05, 3.63) is 42.0 Å². The van der Waals surface area contributed by atoms with E-state index in [4.69, 9.17) is 14.2 Å². The molecular formula is C21H24N2O5. The summed E-state index contributed by atoms with van der Waals surface area (Å²) in [5.41, 5.74) is 2.18. The molecule has 0 bridgehead atoms. The van der Waals surface area contributed by atoms with Crippen LogP contribution in [0.3, 0.4) is 0 Å². The largest absolute Gasteiger partial charge is 0.493 e. The highest BCUT2D eigenvalue weighted by Crippen LogP contribution is 2.34. The zero-order valence-corrected chi connectivity index (χ0v) is 16.4. The molecule has 1 atom stereocenters. The van der Waals surface area contributed by atoms with Gasteiger partial charge in [0.15, 0.2) is 17.6 Å². The lowest BCUT2D eigenvalue weighted by molar-refractivity contribution is -0.125. The van der Waals surface area contributed by atoms with Gasteiger partial charge in [-0.15, -0.1) is 0 Å². The number of benzene rings is 2. The third-order valence-corrected chi connectivity index (χ3v) is 4.64. The number of fused-ring (bicyclic) bond motifs is 1. The summed E-state index contributed by atoms with van der Waals surface area (Å²) in [6.45, 7) is 3.85. The highest BCUT2D eigenvalue weighted by atomic mass is 16.5. The van der Waals surface area contributed by atoms with Gasteiger partial charge in [-0.3, -0.25) is 9.59 Å². The number of hydrogen-bond acceptors (Lipinski definition) is 5. The van der Waals surface area contributed by atoms with Gasteiger partial charge in [0.25, 0.3) is 5.91 Å². The second-order valence-corrected chi connectivity index (χ2v) is 6.54. The number of rotatable bonds is 6. The lowest BCUT2D eigenvalue weighted by Crippen LogP contribution is -2.45. The van der Waals surface area contributed by atoms with E-state index in [1.54, 1.807) is 38.2 Å². The minimum absolute atomic E-state index is 0.153. The minimum atomic E-state index is -0.578. The van der Waals surface area contributed by atoms with E-state index in [0.717, 1.165) is 5.56 Å². The first-order chi connectivity index (χ1) is 13.4. The van der Waals surface area contributed by atoms with Crippen molar-refractivity contribution in [2.75, 3.05) is 31.0 Å². The Hall–Kier alpha value is -3.22. The first-order valence-electron chi connectivity index (χ1n) is 9.04. The topological polar surface area (TPSA) is 77.1 Å². The molecule has 2 aromatic rings. The average molecular weight is 384 g/mol. The van der Waals surface area contributed by atoms with E-state index in [-0.39, 0.29) is 24.8 Å². The van der Waals surface area contributed by atoms with Crippen LogP contribution in [-0.4, -0.2) is 38.7 Å². The third kappa shape index (κ3) is 3.88. The standard InChI is InChI=1S/C21H24N2O5/c1-13-11-18(26-3)19(27-4)12-15(13)22-20(24)9-10-23-16-7-5-6-8-17(16)28-14(2)21(23)25/h5-8,11-12,14H,9-10H2,1-4H3,(H,22,24). The maximum Gasteiger partial charge on any atom is 0.267 e. The Kier molecular flexibility index (Phi) is 5.73. The van der Waals surface area contributed by atoms with Gasteiger partial charge in [-0.1, -0.05) is 12.1 Å². The van der Waals surface area contributed by atoms with Crippen LogP contribution in [0.4, 0.5) is 11.4 Å². The van der Waals surface area contributed by atoms with Gasteiger partial charge in [0.05, 0.1) is 19.9 Å². The molecule has 0 saturated heterocycles. The molecule has 148 valence electrons. The number of carbonyl (C=O) groups excluding carboxylic acids is 2. The lowest BCUT2D eigenvalue weighted by atomic mass is 10.1. The van der Waals surface area contributed by atoms with Crippen molar-refractivity contribution in [2.24, 2.45) is 0 Å². The molecular weight excluding hydrogens is 360 g/mol. The molecule has 1 aliphatic rings. The fourth-order valence-corrected chi connectivity index (χ4v) is 3.13. The molecule has 0 spiro atoms. The van der Waals surface area contributed by atoms with E-state index in [9.17, 15) is 9.59 Å². The average Bonchev–Trinajstić information content (AvgIpc) is 2.69. The molecule has 1 N–H and O–H groups in total. The number of aryl methyl sites for hydroxylation is 1. The summed E-state index contributed by atoms with van der Waals surface area (Å²) in [5.74, 6) is 1.43. The first kappa shape index (κ1) is 19.5. The molecule has 0 aliphatic carbocycles. The van der Waals surface area contributed by atoms with Crippen molar-refractivity contribution in [3.63, 3.8) is 0 Å². The van der Waals surface area contributed by atoms with Crippen LogP contribution in [0.15, 0.2) is 36.4 Å². The van der Waals surface area contributed by atoms with Crippen LogP contribution in [0.5, 0.6) is 17.2 Å². The molecule has 7 heteroatoms. The fraction of sp³-hybridized carbons (Fsp3) is 0.333. The van der Waals surface area contributed by atoms with E-state index >= 15 is 0 Å². The van der Waals surface area contributed by atoms with Gasteiger partial charge in [0.1, 0.15) is 5.75 Å². The van der Waals surface area contributed by atoms with Crippen LogP contribution in [0.2, 0.25) is 0 Å². The second-order valence-electron chi connectivity index (χ2n) is 6.54. The molecule has 2 amide bonds. The number of nitrogens with one attached hydrogen (secondary N) is 1. The van der Waals surface area contributed by atoms with Gasteiger partial charge >= 0.3 is 0 Å². The molecule has 7 nitrogen and oxygen atoms in total. The van der Waals surface area contributed by atoms with E-state index in [0.29, 0.717) is 28.6 Å². The Bertz CT molecular complexity index is 896. The Balaban J connectivity index is 1.70. The molecule has 0 aromatic heterocycles. The molecule has 3 rings (SSSR count). The number of anilines is 2. The number of ether oxygens (including phenoxy) is 3. The molecule has 0 radical (unpaired) electrons. The first-order valence-corrected chi connectivity index (χ1v) is 9.04. The van der Waals surface area contributed by atoms with Gasteiger partial charge in [-0.05, 0) is 37.6 Å². The van der Waals surface area contributed by atoms with Crippen molar-refractivity contribution in [1.29, 1.82) is 0 Å². The lowest BCUT2D eigenvalue weighted by Gasteiger charge is -2.32. The van der Waals surface area contributed by atoms with E-state index in [1.807, 2.05) is 31.2 Å².